The van der Waals surface area contributed by atoms with Gasteiger partial charge in [0, 0.05) is 0 Å². The Morgan fingerprint density at radius 1 is 0.652 bits per heavy atom. The monoisotopic (exact) mass is 319 g/mol. The Bertz CT molecular complexity index is 297. The Hall–Kier alpha value is -0.790. The smallest absolute Gasteiger partial charge is 0.0968 e. The van der Waals surface area contributed by atoms with E-state index < -0.39 is 0 Å². The number of nitrogens with zero attached hydrogens (tertiary/aromatic N) is 2. The van der Waals surface area contributed by atoms with Gasteiger partial charge in [-0.05, 0) is 18.8 Å². The molecule has 0 spiro atoms. The molecule has 1 atom stereocenters. The van der Waals surface area contributed by atoms with Crippen molar-refractivity contribution in [2.24, 2.45) is 15.9 Å². The summed E-state index contributed by atoms with van der Waals surface area (Å²) in [7, 11) is 0. The molecular weight excluding hydrogens is 280 g/mol. The SMILES string of the molecule is CCCCCCCCCCC(CCCCCC)C[C+]1N=CC=N1. The van der Waals surface area contributed by atoms with Crippen molar-refractivity contribution in [3.05, 3.63) is 6.17 Å². The van der Waals surface area contributed by atoms with E-state index >= 15 is 0 Å². The molecule has 0 aliphatic carbocycles. The van der Waals surface area contributed by atoms with E-state index in [2.05, 4.69) is 23.8 Å². The van der Waals surface area contributed by atoms with Crippen LogP contribution in [0.1, 0.15) is 110 Å². The second-order valence-electron chi connectivity index (χ2n) is 7.16. The average Bonchev–Trinajstić information content (AvgIpc) is 3.06. The summed E-state index contributed by atoms with van der Waals surface area (Å²) >= 11 is 0. The molecule has 0 radical (unpaired) electrons. The Labute approximate surface area is 145 Å². The van der Waals surface area contributed by atoms with Gasteiger partial charge in [0.25, 0.3) is 0 Å². The van der Waals surface area contributed by atoms with Gasteiger partial charge in [0.1, 0.15) is 0 Å². The molecule has 1 aliphatic rings. The highest BCUT2D eigenvalue weighted by atomic mass is 15.0. The molecular formula is C21H39N2+. The minimum absolute atomic E-state index is 0.800. The lowest BCUT2D eigenvalue weighted by Crippen LogP contribution is -2.05. The fourth-order valence-corrected chi connectivity index (χ4v) is 3.41. The van der Waals surface area contributed by atoms with Crippen LogP contribution in [0.4, 0.5) is 0 Å². The summed E-state index contributed by atoms with van der Waals surface area (Å²) in [4.78, 5) is 8.75. The van der Waals surface area contributed by atoms with E-state index in [0.29, 0.717) is 0 Å². The van der Waals surface area contributed by atoms with Crippen molar-refractivity contribution in [2.45, 2.75) is 110 Å². The van der Waals surface area contributed by atoms with E-state index in [1.54, 1.807) is 0 Å². The molecule has 2 nitrogen and oxygen atoms in total. The maximum atomic E-state index is 4.38. The predicted octanol–water partition coefficient (Wildman–Crippen LogP) is 7.14. The van der Waals surface area contributed by atoms with Crippen molar-refractivity contribution in [2.75, 3.05) is 0 Å². The van der Waals surface area contributed by atoms with Gasteiger partial charge in [-0.2, -0.15) is 0 Å². The van der Waals surface area contributed by atoms with Gasteiger partial charge in [0.2, 0.25) is 6.17 Å². The molecule has 1 unspecified atom stereocenters. The lowest BCUT2D eigenvalue weighted by atomic mass is 9.90. The molecule has 0 aromatic carbocycles. The summed E-state index contributed by atoms with van der Waals surface area (Å²) < 4.78 is 0. The lowest BCUT2D eigenvalue weighted by Gasteiger charge is -2.15. The Kier molecular flexibility index (Phi) is 13.0. The molecule has 0 fully saturated rings. The summed E-state index contributed by atoms with van der Waals surface area (Å²) in [5.41, 5.74) is 0. The first-order valence-electron chi connectivity index (χ1n) is 10.3. The fourth-order valence-electron chi connectivity index (χ4n) is 3.41. The maximum Gasteiger partial charge on any atom is 0.240 e. The third kappa shape index (κ3) is 11.4. The van der Waals surface area contributed by atoms with E-state index in [4.69, 9.17) is 0 Å². The van der Waals surface area contributed by atoms with Crippen LogP contribution in [0.3, 0.4) is 0 Å². The van der Waals surface area contributed by atoms with Crippen molar-refractivity contribution in [3.8, 4) is 0 Å². The van der Waals surface area contributed by atoms with Gasteiger partial charge in [0.15, 0.2) is 12.4 Å². The van der Waals surface area contributed by atoms with Gasteiger partial charge in [-0.1, -0.05) is 101 Å². The minimum Gasteiger partial charge on any atom is -0.0968 e. The first-order chi connectivity index (χ1) is 11.4. The van der Waals surface area contributed by atoms with Crippen LogP contribution in [0.5, 0.6) is 0 Å². The molecule has 132 valence electrons. The van der Waals surface area contributed by atoms with Gasteiger partial charge < -0.3 is 0 Å². The van der Waals surface area contributed by atoms with Crippen LogP contribution in [0, 0.1) is 12.1 Å². The third-order valence-corrected chi connectivity index (χ3v) is 4.92. The highest BCUT2D eigenvalue weighted by molar-refractivity contribution is 6.18. The number of aliphatic imine (C=N–C) groups is 2. The Morgan fingerprint density at radius 3 is 1.61 bits per heavy atom. The summed E-state index contributed by atoms with van der Waals surface area (Å²) in [6.07, 6.45) is 25.4. The first-order valence-corrected chi connectivity index (χ1v) is 10.3. The van der Waals surface area contributed by atoms with Crippen LogP contribution < -0.4 is 0 Å². The number of rotatable bonds is 16. The fraction of sp³-hybridized carbons (Fsp3) is 0.857. The van der Waals surface area contributed by atoms with Crippen LogP contribution in [-0.2, 0) is 0 Å². The first kappa shape index (κ1) is 20.3. The van der Waals surface area contributed by atoms with Gasteiger partial charge in [-0.15, -0.1) is 0 Å². The minimum atomic E-state index is 0.800. The van der Waals surface area contributed by atoms with Crippen LogP contribution in [0.15, 0.2) is 9.98 Å². The van der Waals surface area contributed by atoms with Crippen molar-refractivity contribution in [3.63, 3.8) is 0 Å². The number of hydrogen-bond acceptors (Lipinski definition) is 2. The van der Waals surface area contributed by atoms with Gasteiger partial charge in [-0.25, -0.2) is 0 Å². The number of unbranched alkanes of at least 4 members (excludes halogenated alkanes) is 10. The molecule has 1 aliphatic heterocycles. The maximum absolute atomic E-state index is 4.38. The molecule has 0 saturated heterocycles. The van der Waals surface area contributed by atoms with Crippen molar-refractivity contribution < 1.29 is 0 Å². The Morgan fingerprint density at radius 2 is 1.09 bits per heavy atom. The molecule has 0 saturated carbocycles. The molecule has 0 N–H and O–H groups in total. The van der Waals surface area contributed by atoms with E-state index in [9.17, 15) is 0 Å². The molecule has 23 heavy (non-hydrogen) atoms. The number of hydrogen-bond donors (Lipinski definition) is 0. The lowest BCUT2D eigenvalue weighted by molar-refractivity contribution is 0.385. The van der Waals surface area contributed by atoms with Gasteiger partial charge in [-0.3, -0.25) is 0 Å². The molecule has 1 rings (SSSR count). The van der Waals surface area contributed by atoms with Crippen LogP contribution >= 0.6 is 0 Å². The molecule has 0 bridgehead atoms. The van der Waals surface area contributed by atoms with Crippen molar-refractivity contribution in [1.82, 2.24) is 0 Å². The average molecular weight is 320 g/mol. The van der Waals surface area contributed by atoms with Gasteiger partial charge in [0.05, 0.1) is 6.42 Å². The Balaban J connectivity index is 2.10. The summed E-state index contributed by atoms with van der Waals surface area (Å²) in [6, 6.07) is 0. The van der Waals surface area contributed by atoms with E-state index in [1.807, 2.05) is 12.4 Å². The normalized spacial score (nSPS) is 14.8. The van der Waals surface area contributed by atoms with Crippen molar-refractivity contribution >= 4 is 12.4 Å². The third-order valence-electron chi connectivity index (χ3n) is 4.92. The van der Waals surface area contributed by atoms with E-state index in [0.717, 1.165) is 18.5 Å². The zero-order valence-electron chi connectivity index (χ0n) is 15.7. The van der Waals surface area contributed by atoms with E-state index in [1.165, 1.54) is 89.9 Å². The second-order valence-corrected chi connectivity index (χ2v) is 7.16. The topological polar surface area (TPSA) is 24.7 Å². The zero-order valence-corrected chi connectivity index (χ0v) is 15.7. The summed E-state index contributed by atoms with van der Waals surface area (Å²) in [5, 5.41) is 0. The zero-order chi connectivity index (χ0) is 16.6. The molecule has 0 amide bonds. The standard InChI is InChI=1S/C21H39N2/c1-3-5-7-9-10-11-12-14-16-20(15-13-8-6-4-2)19-21-22-17-18-23-21/h17-18,20H,3-16,19H2,1-2H3/q+1. The quantitative estimate of drug-likeness (QED) is 0.213. The highest BCUT2D eigenvalue weighted by Gasteiger charge is 2.21. The predicted molar refractivity (Wildman–Crippen MR) is 104 cm³/mol. The molecule has 1 heterocycles. The van der Waals surface area contributed by atoms with Crippen LogP contribution in [0.2, 0.25) is 0 Å². The molecule has 0 aromatic rings. The highest BCUT2D eigenvalue weighted by Crippen LogP contribution is 2.28. The molecule has 0 aromatic heterocycles. The summed E-state index contributed by atoms with van der Waals surface area (Å²) in [6.45, 7) is 4.58. The van der Waals surface area contributed by atoms with Gasteiger partial charge >= 0.3 is 0 Å². The van der Waals surface area contributed by atoms with E-state index in [-0.39, 0.29) is 0 Å². The summed E-state index contributed by atoms with van der Waals surface area (Å²) in [5.74, 6) is 0.800. The molecule has 2 heteroatoms. The van der Waals surface area contributed by atoms with Crippen molar-refractivity contribution in [1.29, 1.82) is 0 Å². The second kappa shape index (κ2) is 14.8. The van der Waals surface area contributed by atoms with Crippen LogP contribution in [-0.4, -0.2) is 12.4 Å². The largest absolute Gasteiger partial charge is 0.240 e. The van der Waals surface area contributed by atoms with Crippen LogP contribution in [0.25, 0.3) is 0 Å².